The van der Waals surface area contributed by atoms with E-state index in [0.717, 1.165) is 1.93 Å². The first kappa shape index (κ1) is 16.5. The Morgan fingerprint density at radius 2 is 2.05 bits per heavy atom. The summed E-state index contributed by atoms with van der Waals surface area (Å²) >= 11 is 0.991. The maximum absolute atomic E-state index is 12.2. The molecule has 1 aromatic rings. The zero-order valence-corrected chi connectivity index (χ0v) is 16.9. The van der Waals surface area contributed by atoms with E-state index < -0.39 is 5.97 Å². The fourth-order valence-corrected chi connectivity index (χ4v) is 33.2. The summed E-state index contributed by atoms with van der Waals surface area (Å²) in [6, 6.07) is 4.53. The monoisotopic (exact) mass is 615 g/mol. The second-order valence-corrected chi connectivity index (χ2v) is 21.0. The Bertz CT molecular complexity index is 519. The number of aromatic carboxylic acids is 1. The van der Waals surface area contributed by atoms with Gasteiger partial charge in [-0.25, -0.2) is 0 Å². The molecule has 0 aliphatic carbocycles. The standard InChI is InChI=1S/C12H14I3N2O3/c16-8-3-1-2-7(12(19)20)10(8)11(18)17-4-9-14-5-13-6-15-9/h1-3,9H,4-6,16H2,(H,17,18)(H,19,20)/q-3. The number of alkyl halides is 6. The van der Waals surface area contributed by atoms with Crippen LogP contribution in [0, 0.1) is 0 Å². The van der Waals surface area contributed by atoms with E-state index in [2.05, 4.69) is 5.32 Å². The van der Waals surface area contributed by atoms with Crippen LogP contribution in [0.4, 0.5) is 5.69 Å². The van der Waals surface area contributed by atoms with Gasteiger partial charge in [-0.05, 0) is 0 Å². The third kappa shape index (κ3) is 4.32. The van der Waals surface area contributed by atoms with Crippen molar-refractivity contribution in [3.8, 4) is 0 Å². The predicted octanol–water partition coefficient (Wildman–Crippen LogP) is -8.78. The van der Waals surface area contributed by atoms with Crippen LogP contribution >= 0.6 is 0 Å². The molecule has 0 unspecified atom stereocenters. The van der Waals surface area contributed by atoms with E-state index in [1.165, 1.54) is 10.9 Å². The van der Waals surface area contributed by atoms with Gasteiger partial charge in [-0.2, -0.15) is 0 Å². The number of hydrogen-bond donors (Lipinski definition) is 3. The number of carbonyl (C=O) groups excluding carboxylic acids is 1. The molecule has 114 valence electrons. The van der Waals surface area contributed by atoms with E-state index in [-0.39, 0.29) is 65.1 Å². The number of anilines is 1. The number of carboxylic acid groups (broad SMARTS) is 1. The minimum atomic E-state index is -1.12. The number of amides is 1. The normalized spacial score (nSPS) is 17.0. The second kappa shape index (κ2) is 7.96. The zero-order chi connectivity index (χ0) is 14.5. The van der Waals surface area contributed by atoms with Crippen molar-refractivity contribution < 1.29 is 78.3 Å². The molecule has 5 nitrogen and oxygen atoms in total. The Kier molecular flexibility index (Phi) is 6.58. The van der Waals surface area contributed by atoms with Crippen LogP contribution in [-0.4, -0.2) is 30.3 Å². The van der Waals surface area contributed by atoms with Gasteiger partial charge < -0.3 is 0 Å². The maximum atomic E-state index is 12.2. The Balaban J connectivity index is 2.06. The van der Waals surface area contributed by atoms with E-state index >= 15 is 0 Å². The molecule has 1 heterocycles. The van der Waals surface area contributed by atoms with Crippen molar-refractivity contribution >= 4 is 17.6 Å². The van der Waals surface area contributed by atoms with E-state index in [4.69, 9.17) is 10.8 Å². The van der Waals surface area contributed by atoms with Crippen molar-refractivity contribution in [2.24, 2.45) is 0 Å². The van der Waals surface area contributed by atoms with Crippen LogP contribution in [0.1, 0.15) is 20.7 Å². The van der Waals surface area contributed by atoms with Gasteiger partial charge in [-0.3, -0.25) is 0 Å². The number of halogens is 3. The molecule has 0 bridgehead atoms. The second-order valence-electron chi connectivity index (χ2n) is 3.88. The van der Waals surface area contributed by atoms with Crippen LogP contribution in [0.5, 0.6) is 0 Å². The zero-order valence-electron chi connectivity index (χ0n) is 10.4. The van der Waals surface area contributed by atoms with Gasteiger partial charge in [-0.1, -0.05) is 0 Å². The number of carbonyl (C=O) groups is 2. The summed E-state index contributed by atoms with van der Waals surface area (Å²) < 4.78 is 3.64. The molecule has 1 saturated heterocycles. The summed E-state index contributed by atoms with van der Waals surface area (Å²) in [6.07, 6.45) is 0. The van der Waals surface area contributed by atoms with Crippen LogP contribution in [0.15, 0.2) is 18.2 Å². The van der Waals surface area contributed by atoms with Gasteiger partial charge >= 0.3 is 150 Å². The molecule has 0 saturated carbocycles. The van der Waals surface area contributed by atoms with E-state index in [9.17, 15) is 9.59 Å². The van der Waals surface area contributed by atoms with Gasteiger partial charge in [0.1, 0.15) is 0 Å². The van der Waals surface area contributed by atoms with Gasteiger partial charge in [0.05, 0.1) is 0 Å². The third-order valence-corrected chi connectivity index (χ3v) is 21.2. The molecule has 0 radical (unpaired) electrons. The molecule has 1 amide bonds. The third-order valence-electron chi connectivity index (χ3n) is 2.57. The van der Waals surface area contributed by atoms with Crippen LogP contribution in [0.25, 0.3) is 0 Å². The van der Waals surface area contributed by atoms with E-state index in [1.807, 2.05) is 0 Å². The molecule has 0 atom stereocenters. The van der Waals surface area contributed by atoms with Crippen LogP contribution in [0.3, 0.4) is 0 Å². The van der Waals surface area contributed by atoms with E-state index in [1.54, 1.807) is 12.1 Å². The van der Waals surface area contributed by atoms with Crippen LogP contribution in [0.2, 0.25) is 0 Å². The van der Waals surface area contributed by atoms with Gasteiger partial charge in [0.2, 0.25) is 0 Å². The summed E-state index contributed by atoms with van der Waals surface area (Å²) in [5, 5.41) is 12.0. The topological polar surface area (TPSA) is 92.4 Å². The van der Waals surface area contributed by atoms with Gasteiger partial charge in [-0.15, -0.1) is 0 Å². The fraction of sp³-hybridized carbons (Fsp3) is 0.333. The number of benzene rings is 1. The molecular formula is C12H14I3N2O3-3. The van der Waals surface area contributed by atoms with Gasteiger partial charge in [0.25, 0.3) is 0 Å². The van der Waals surface area contributed by atoms with Crippen molar-refractivity contribution in [1.82, 2.24) is 5.32 Å². The van der Waals surface area contributed by atoms with Crippen molar-refractivity contribution in [3.05, 3.63) is 29.3 Å². The SMILES string of the molecule is Nc1cccc(C(=O)O)c1C(=O)NCC1[I-]C[I-]C[I-]1. The van der Waals surface area contributed by atoms with Crippen molar-refractivity contribution in [2.75, 3.05) is 17.1 Å². The number of carboxylic acids is 1. The average molecular weight is 615 g/mol. The molecule has 0 aromatic heterocycles. The molecule has 1 aliphatic rings. The summed E-state index contributed by atoms with van der Waals surface area (Å²) in [5.74, 6) is -1.47. The summed E-state index contributed by atoms with van der Waals surface area (Å²) in [6.45, 7) is 0.705. The predicted molar refractivity (Wildman–Crippen MR) is 63.7 cm³/mol. The average Bonchev–Trinajstić information content (AvgIpc) is 2.45. The van der Waals surface area contributed by atoms with Gasteiger partial charge in [0.15, 0.2) is 0 Å². The number of nitrogen functional groups attached to an aromatic ring is 1. The van der Waals surface area contributed by atoms with Crippen molar-refractivity contribution in [3.63, 3.8) is 0 Å². The summed E-state index contributed by atoms with van der Waals surface area (Å²) in [4.78, 5) is 23.4. The number of hydrogen-bond acceptors (Lipinski definition) is 3. The van der Waals surface area contributed by atoms with Gasteiger partial charge in [0, 0.05) is 0 Å². The Hall–Kier alpha value is 0.150. The molecular weight excluding hydrogens is 601 g/mol. The summed E-state index contributed by atoms with van der Waals surface area (Å²) in [7, 11) is 0. The fourth-order valence-electron chi connectivity index (χ4n) is 1.65. The number of nitrogens with two attached hydrogens (primary N) is 1. The quantitative estimate of drug-likeness (QED) is 0.179. The first-order chi connectivity index (χ1) is 9.59. The van der Waals surface area contributed by atoms with Crippen molar-refractivity contribution in [2.45, 2.75) is 1.93 Å². The van der Waals surface area contributed by atoms with Crippen molar-refractivity contribution in [1.29, 1.82) is 0 Å². The molecule has 2 rings (SSSR count). The van der Waals surface area contributed by atoms with E-state index in [0.29, 0.717) is 27.7 Å². The molecule has 20 heavy (non-hydrogen) atoms. The first-order valence-corrected chi connectivity index (χ1v) is 14.3. The Morgan fingerprint density at radius 3 is 2.70 bits per heavy atom. The molecule has 0 spiro atoms. The number of nitrogens with one attached hydrogen (secondary N) is 1. The van der Waals surface area contributed by atoms with Crippen LogP contribution in [-0.2, 0) is 0 Å². The first-order valence-electron chi connectivity index (χ1n) is 5.68. The molecule has 1 aliphatic heterocycles. The minimum absolute atomic E-state index is 0.0265. The summed E-state index contributed by atoms with van der Waals surface area (Å²) in [5.41, 5.74) is 6.06. The number of rotatable bonds is 4. The molecule has 8 heteroatoms. The molecule has 1 aromatic carbocycles. The Labute approximate surface area is 148 Å². The molecule has 1 fully saturated rings. The molecule has 4 N–H and O–H groups in total. The Morgan fingerprint density at radius 1 is 1.35 bits per heavy atom. The van der Waals surface area contributed by atoms with Crippen LogP contribution < -0.4 is 74.7 Å².